The number of nitrogens with zero attached hydrogens (tertiary/aromatic N) is 3. The Morgan fingerprint density at radius 2 is 1.82 bits per heavy atom. The molecule has 14 nitrogen and oxygen atoms in total. The molecule has 0 saturated carbocycles. The fraction of sp³-hybridized carbons (Fsp3) is 0.548. The van der Waals surface area contributed by atoms with E-state index >= 15 is 0 Å². The number of carbonyl (C=O) groups excluding carboxylic acids is 5. The number of nitrogens with one attached hydrogen (secondary N) is 4. The van der Waals surface area contributed by atoms with Gasteiger partial charge in [0.1, 0.15) is 12.1 Å². The van der Waals surface area contributed by atoms with Crippen LogP contribution in [0, 0.1) is 5.92 Å². The summed E-state index contributed by atoms with van der Waals surface area (Å²) in [6.07, 6.45) is -0.733. The summed E-state index contributed by atoms with van der Waals surface area (Å²) in [5.41, 5.74) is 2.55. The second-order valence-corrected chi connectivity index (χ2v) is 12.2. The third kappa shape index (κ3) is 7.87. The van der Waals surface area contributed by atoms with Crippen molar-refractivity contribution in [3.05, 3.63) is 52.8 Å². The van der Waals surface area contributed by atoms with Crippen LogP contribution in [0.5, 0.6) is 0 Å². The van der Waals surface area contributed by atoms with Gasteiger partial charge < -0.3 is 35.2 Å². The number of rotatable bonds is 5. The van der Waals surface area contributed by atoms with Crippen LogP contribution in [0.1, 0.15) is 47.6 Å². The van der Waals surface area contributed by atoms with E-state index in [2.05, 4.69) is 26.1 Å². The summed E-state index contributed by atoms with van der Waals surface area (Å²) >= 11 is 0. The molecule has 45 heavy (non-hydrogen) atoms. The molecule has 5 rings (SSSR count). The summed E-state index contributed by atoms with van der Waals surface area (Å²) in [4.78, 5) is 70.2. The summed E-state index contributed by atoms with van der Waals surface area (Å²) in [5, 5.41) is 15.6. The van der Waals surface area contributed by atoms with Crippen molar-refractivity contribution >= 4 is 29.5 Å². The van der Waals surface area contributed by atoms with Gasteiger partial charge >= 0.3 is 0 Å². The fourth-order valence-corrected chi connectivity index (χ4v) is 5.86. The Morgan fingerprint density at radius 3 is 2.58 bits per heavy atom. The van der Waals surface area contributed by atoms with Crippen LogP contribution in [0.2, 0.25) is 0 Å². The van der Waals surface area contributed by atoms with E-state index in [0.717, 1.165) is 11.3 Å². The Bertz CT molecular complexity index is 1410. The van der Waals surface area contributed by atoms with Gasteiger partial charge in [0, 0.05) is 44.2 Å². The topological polar surface area (TPSA) is 175 Å². The lowest BCUT2D eigenvalue weighted by Gasteiger charge is -2.38. The zero-order valence-electron chi connectivity index (χ0n) is 25.8. The van der Waals surface area contributed by atoms with Crippen molar-refractivity contribution in [2.75, 3.05) is 39.8 Å². The molecule has 1 aromatic carbocycles. The minimum absolute atomic E-state index is 0.00901. The molecule has 2 aromatic rings. The third-order valence-electron chi connectivity index (χ3n) is 8.16. The maximum atomic E-state index is 13.8. The van der Waals surface area contributed by atoms with Crippen molar-refractivity contribution in [2.24, 2.45) is 5.92 Å². The Morgan fingerprint density at radius 1 is 1.04 bits per heavy atom. The van der Waals surface area contributed by atoms with Crippen LogP contribution in [-0.4, -0.2) is 114 Å². The molecule has 242 valence electrons. The van der Waals surface area contributed by atoms with Crippen LogP contribution >= 0.6 is 0 Å². The number of ether oxygens (including phenoxy) is 2. The number of hydrogen-bond donors (Lipinski definition) is 4. The van der Waals surface area contributed by atoms with Crippen molar-refractivity contribution in [2.45, 2.75) is 64.0 Å². The lowest BCUT2D eigenvalue weighted by molar-refractivity contribution is -0.148. The second-order valence-electron chi connectivity index (χ2n) is 12.2. The van der Waals surface area contributed by atoms with Gasteiger partial charge in [0.2, 0.25) is 17.7 Å². The maximum absolute atomic E-state index is 13.8. The molecule has 0 spiro atoms. The fourth-order valence-electron chi connectivity index (χ4n) is 5.86. The van der Waals surface area contributed by atoms with Crippen LogP contribution in [0.15, 0.2) is 30.3 Å². The largest absolute Gasteiger partial charge is 0.376 e. The number of morpholine rings is 1. The van der Waals surface area contributed by atoms with E-state index in [1.54, 1.807) is 0 Å². The molecule has 14 heteroatoms. The Hall–Kier alpha value is -4.30. The van der Waals surface area contributed by atoms with Gasteiger partial charge in [0.15, 0.2) is 11.8 Å². The van der Waals surface area contributed by atoms with E-state index in [0.29, 0.717) is 25.0 Å². The molecule has 2 saturated heterocycles. The summed E-state index contributed by atoms with van der Waals surface area (Å²) in [5.74, 6) is -2.29. The van der Waals surface area contributed by atoms with Crippen molar-refractivity contribution in [3.63, 3.8) is 0 Å². The maximum Gasteiger partial charge on any atom is 0.274 e. The van der Waals surface area contributed by atoms with E-state index in [-0.39, 0.29) is 50.8 Å². The van der Waals surface area contributed by atoms with Gasteiger partial charge in [-0.2, -0.15) is 5.10 Å². The van der Waals surface area contributed by atoms with Gasteiger partial charge in [0.05, 0.1) is 32.4 Å². The minimum atomic E-state index is -1.14. The summed E-state index contributed by atoms with van der Waals surface area (Å²) in [6, 6.07) is 7.35. The SMILES string of the molecule is CC(C)C[C@@H]1NC(=O)CN(C)C(=O)[C@@H](Cc2ccccc2)NC(=O)[C@H]2CN(C(=O)c3n[nH]c4c3COCC4)C[C@@H](CNC1=O)O2. The highest BCUT2D eigenvalue weighted by atomic mass is 16.5. The Kier molecular flexibility index (Phi) is 10.1. The molecule has 0 aliphatic carbocycles. The first-order valence-electron chi connectivity index (χ1n) is 15.3. The number of fused-ring (bicyclic) bond motifs is 3. The summed E-state index contributed by atoms with van der Waals surface area (Å²) < 4.78 is 11.7. The molecule has 2 fully saturated rings. The molecule has 4 N–H and O–H groups in total. The standard InChI is InChI=1S/C31H41N7O7/c1-18(2)11-23-28(40)32-13-20-14-38(31(43)27-21-17-44-10-9-22(21)35-36-27)15-25(45-20)29(41)34-24(12-19-7-5-4-6-8-19)30(42)37(3)16-26(39)33-23/h4-8,18,20,23-25H,9-17H2,1-3H3,(H,32,40)(H,33,39)(H,34,41)(H,35,36)/t20-,23+,24-,25-/m1/s1. The van der Waals surface area contributed by atoms with E-state index in [4.69, 9.17) is 9.47 Å². The van der Waals surface area contributed by atoms with Gasteiger partial charge in [-0.05, 0) is 17.9 Å². The number of carbonyl (C=O) groups is 5. The van der Waals surface area contributed by atoms with Crippen molar-refractivity contribution < 1.29 is 33.4 Å². The summed E-state index contributed by atoms with van der Waals surface area (Å²) in [7, 11) is 1.48. The van der Waals surface area contributed by atoms with E-state index in [1.807, 2.05) is 44.2 Å². The predicted molar refractivity (Wildman–Crippen MR) is 161 cm³/mol. The molecule has 0 unspecified atom stereocenters. The van der Waals surface area contributed by atoms with Crippen molar-refractivity contribution in [1.82, 2.24) is 35.9 Å². The number of likely N-dealkylation sites (N-methyl/N-ethyl adjacent to an activating group) is 1. The normalized spacial score (nSPS) is 25.1. The predicted octanol–water partition coefficient (Wildman–Crippen LogP) is -0.461. The van der Waals surface area contributed by atoms with E-state index in [9.17, 15) is 24.0 Å². The average molecular weight is 624 g/mol. The summed E-state index contributed by atoms with van der Waals surface area (Å²) in [6.45, 7) is 4.34. The van der Waals surface area contributed by atoms with E-state index < -0.39 is 53.8 Å². The molecule has 2 bridgehead atoms. The highest BCUT2D eigenvalue weighted by Gasteiger charge is 2.39. The highest BCUT2D eigenvalue weighted by molar-refractivity contribution is 5.96. The van der Waals surface area contributed by atoms with Crippen LogP contribution in [0.4, 0.5) is 0 Å². The lowest BCUT2D eigenvalue weighted by atomic mass is 10.0. The first-order chi connectivity index (χ1) is 21.6. The zero-order chi connectivity index (χ0) is 32.1. The van der Waals surface area contributed by atoms with Crippen molar-refractivity contribution in [1.29, 1.82) is 0 Å². The average Bonchev–Trinajstić information content (AvgIpc) is 3.46. The number of H-pyrrole nitrogens is 1. The lowest BCUT2D eigenvalue weighted by Crippen LogP contribution is -2.59. The Labute approximate surface area is 261 Å². The molecule has 4 atom stereocenters. The molecule has 5 amide bonds. The number of amides is 5. The van der Waals surface area contributed by atoms with Crippen LogP contribution in [0.25, 0.3) is 0 Å². The van der Waals surface area contributed by atoms with Gasteiger partial charge in [-0.3, -0.25) is 29.1 Å². The number of benzene rings is 1. The van der Waals surface area contributed by atoms with Crippen LogP contribution < -0.4 is 16.0 Å². The molecule has 1 aromatic heterocycles. The van der Waals surface area contributed by atoms with E-state index in [1.165, 1.54) is 16.8 Å². The quantitative estimate of drug-likeness (QED) is 0.346. The molecule has 4 heterocycles. The number of aromatic amines is 1. The third-order valence-corrected chi connectivity index (χ3v) is 8.16. The molecule has 0 radical (unpaired) electrons. The van der Waals surface area contributed by atoms with Crippen LogP contribution in [-0.2, 0) is 48.1 Å². The zero-order valence-corrected chi connectivity index (χ0v) is 25.8. The number of hydrogen-bond acceptors (Lipinski definition) is 8. The Balaban J connectivity index is 1.44. The minimum Gasteiger partial charge on any atom is -0.376 e. The number of aromatic nitrogens is 2. The first-order valence-corrected chi connectivity index (χ1v) is 15.3. The van der Waals surface area contributed by atoms with Gasteiger partial charge in [-0.1, -0.05) is 44.2 Å². The van der Waals surface area contributed by atoms with Gasteiger partial charge in [-0.15, -0.1) is 0 Å². The van der Waals surface area contributed by atoms with Crippen molar-refractivity contribution in [3.8, 4) is 0 Å². The smallest absolute Gasteiger partial charge is 0.274 e. The second kappa shape index (κ2) is 14.2. The molecular formula is C31H41N7O7. The molecular weight excluding hydrogens is 582 g/mol. The van der Waals surface area contributed by atoms with Crippen LogP contribution in [0.3, 0.4) is 0 Å². The molecule has 3 aliphatic rings. The van der Waals surface area contributed by atoms with Gasteiger partial charge in [-0.25, -0.2) is 0 Å². The first kappa shape index (κ1) is 32.1. The molecule has 3 aliphatic heterocycles. The highest BCUT2D eigenvalue weighted by Crippen LogP contribution is 2.22. The monoisotopic (exact) mass is 623 g/mol. The van der Waals surface area contributed by atoms with Gasteiger partial charge in [0.25, 0.3) is 11.8 Å².